The Morgan fingerprint density at radius 3 is 2.03 bits per heavy atom. The highest BCUT2D eigenvalue weighted by Crippen LogP contribution is 2.36. The molecule has 0 radical (unpaired) electrons. The van der Waals surface area contributed by atoms with Gasteiger partial charge in [0.2, 0.25) is 26.6 Å². The number of hydrogen-bond donors (Lipinski definition) is 1. The first-order valence-electron chi connectivity index (χ1n) is 8.63. The molecule has 1 N–H and O–H groups in total. The summed E-state index contributed by atoms with van der Waals surface area (Å²) in [6, 6.07) is 19.4. The van der Waals surface area contributed by atoms with Crippen LogP contribution in [0, 0.1) is 0 Å². The van der Waals surface area contributed by atoms with Gasteiger partial charge in [-0.2, -0.15) is 4.98 Å². The van der Waals surface area contributed by atoms with Crippen LogP contribution in [0.15, 0.2) is 87.1 Å². The zero-order valence-corrected chi connectivity index (χ0v) is 18.2. The maximum Gasteiger partial charge on any atom is 0.238 e. The minimum absolute atomic E-state index is 0.0325. The summed E-state index contributed by atoms with van der Waals surface area (Å²) in [5, 5.41) is 4.04. The smallest absolute Gasteiger partial charge is 0.238 e. The third kappa shape index (κ3) is 4.18. The van der Waals surface area contributed by atoms with Crippen LogP contribution in [0.1, 0.15) is 0 Å². The first-order chi connectivity index (χ1) is 14.3. The standard InChI is InChI=1S/C21H13Cl3N2O3S/c22-13-5-9-15(10-6-13)25-20-21(30(27,28)16-11-7-14(23)8-12-16)26-19(29-20)17-3-1-2-4-18(17)24/h1-12,25H. The minimum atomic E-state index is -4.01. The van der Waals surface area contributed by atoms with Gasteiger partial charge in [-0.3, -0.25) is 0 Å². The number of aromatic nitrogens is 1. The maximum absolute atomic E-state index is 13.3. The Labute approximate surface area is 188 Å². The van der Waals surface area contributed by atoms with E-state index in [4.69, 9.17) is 39.2 Å². The fourth-order valence-electron chi connectivity index (χ4n) is 2.71. The van der Waals surface area contributed by atoms with Crippen LogP contribution in [-0.4, -0.2) is 13.4 Å². The highest BCUT2D eigenvalue weighted by atomic mass is 35.5. The van der Waals surface area contributed by atoms with Crippen molar-refractivity contribution in [3.63, 3.8) is 0 Å². The van der Waals surface area contributed by atoms with Crippen molar-refractivity contribution in [2.45, 2.75) is 9.92 Å². The van der Waals surface area contributed by atoms with E-state index in [0.717, 1.165) is 0 Å². The first kappa shape index (κ1) is 20.8. The Kier molecular flexibility index (Phi) is 5.75. The lowest BCUT2D eigenvalue weighted by Gasteiger charge is -2.06. The van der Waals surface area contributed by atoms with Crippen LogP contribution in [0.25, 0.3) is 11.5 Å². The molecular formula is C21H13Cl3N2O3S. The average molecular weight is 480 g/mol. The molecule has 0 aliphatic carbocycles. The Balaban J connectivity index is 1.85. The molecule has 0 aliphatic rings. The molecule has 152 valence electrons. The van der Waals surface area contributed by atoms with Gasteiger partial charge in [0.1, 0.15) is 0 Å². The van der Waals surface area contributed by atoms with Crippen molar-refractivity contribution in [1.29, 1.82) is 0 Å². The normalized spacial score (nSPS) is 11.4. The van der Waals surface area contributed by atoms with Gasteiger partial charge in [-0.05, 0) is 60.7 Å². The van der Waals surface area contributed by atoms with E-state index in [-0.39, 0.29) is 21.7 Å². The van der Waals surface area contributed by atoms with Gasteiger partial charge >= 0.3 is 0 Å². The van der Waals surface area contributed by atoms with Crippen molar-refractivity contribution < 1.29 is 12.8 Å². The molecule has 0 saturated heterocycles. The monoisotopic (exact) mass is 478 g/mol. The van der Waals surface area contributed by atoms with Crippen molar-refractivity contribution >= 4 is 56.2 Å². The Hall–Kier alpha value is -2.51. The van der Waals surface area contributed by atoms with E-state index in [2.05, 4.69) is 10.3 Å². The van der Waals surface area contributed by atoms with Gasteiger partial charge in [-0.25, -0.2) is 8.42 Å². The van der Waals surface area contributed by atoms with Gasteiger partial charge in [-0.1, -0.05) is 46.9 Å². The molecule has 0 aliphatic heterocycles. The van der Waals surface area contributed by atoms with Crippen LogP contribution in [0.4, 0.5) is 11.6 Å². The van der Waals surface area contributed by atoms with Crippen LogP contribution in [0.5, 0.6) is 0 Å². The number of nitrogens with one attached hydrogen (secondary N) is 1. The largest absolute Gasteiger partial charge is 0.419 e. The summed E-state index contributed by atoms with van der Waals surface area (Å²) in [5.74, 6) is 0.0341. The third-order valence-corrected chi connectivity index (χ3v) is 6.69. The number of hydrogen-bond acceptors (Lipinski definition) is 5. The Morgan fingerprint density at radius 1 is 0.800 bits per heavy atom. The molecular weight excluding hydrogens is 467 g/mol. The molecule has 0 bridgehead atoms. The van der Waals surface area contributed by atoms with E-state index in [1.165, 1.54) is 24.3 Å². The molecule has 0 fully saturated rings. The van der Waals surface area contributed by atoms with Crippen LogP contribution >= 0.6 is 34.8 Å². The number of halogens is 3. The van der Waals surface area contributed by atoms with Gasteiger partial charge < -0.3 is 9.73 Å². The lowest BCUT2D eigenvalue weighted by Crippen LogP contribution is -2.05. The fraction of sp³-hybridized carbons (Fsp3) is 0. The Morgan fingerprint density at radius 2 is 1.40 bits per heavy atom. The second kappa shape index (κ2) is 8.32. The predicted octanol–water partition coefficient (Wildman–Crippen LogP) is 6.88. The zero-order valence-electron chi connectivity index (χ0n) is 15.1. The van der Waals surface area contributed by atoms with Crippen molar-refractivity contribution in [2.75, 3.05) is 5.32 Å². The summed E-state index contributed by atoms with van der Waals surface area (Å²) in [5.41, 5.74) is 1.05. The molecule has 0 spiro atoms. The van der Waals surface area contributed by atoms with Gasteiger partial charge in [0.25, 0.3) is 0 Å². The van der Waals surface area contributed by atoms with Gasteiger partial charge in [0.15, 0.2) is 0 Å². The summed E-state index contributed by atoms with van der Waals surface area (Å²) in [6.07, 6.45) is 0. The van der Waals surface area contributed by atoms with E-state index >= 15 is 0 Å². The molecule has 1 aromatic heterocycles. The van der Waals surface area contributed by atoms with E-state index in [9.17, 15) is 8.42 Å². The van der Waals surface area contributed by atoms with Crippen LogP contribution in [0.3, 0.4) is 0 Å². The lowest BCUT2D eigenvalue weighted by atomic mass is 10.2. The summed E-state index contributed by atoms with van der Waals surface area (Å²) >= 11 is 18.1. The summed E-state index contributed by atoms with van der Waals surface area (Å²) in [7, 11) is -4.01. The van der Waals surface area contributed by atoms with Crippen LogP contribution in [-0.2, 0) is 9.84 Å². The molecule has 5 nitrogen and oxygen atoms in total. The predicted molar refractivity (Wildman–Crippen MR) is 119 cm³/mol. The van der Waals surface area contributed by atoms with E-state index < -0.39 is 9.84 Å². The topological polar surface area (TPSA) is 72.2 Å². The SMILES string of the molecule is O=S(=O)(c1ccc(Cl)cc1)c1nc(-c2ccccc2Cl)oc1Nc1ccc(Cl)cc1. The van der Waals surface area contributed by atoms with Crippen molar-refractivity contribution in [1.82, 2.24) is 4.98 Å². The molecule has 9 heteroatoms. The highest BCUT2D eigenvalue weighted by molar-refractivity contribution is 7.91. The second-order valence-electron chi connectivity index (χ2n) is 6.22. The summed E-state index contributed by atoms with van der Waals surface area (Å²) in [6.45, 7) is 0. The molecule has 30 heavy (non-hydrogen) atoms. The molecule has 3 aromatic carbocycles. The summed E-state index contributed by atoms with van der Waals surface area (Å²) < 4.78 is 32.4. The second-order valence-corrected chi connectivity index (χ2v) is 9.37. The zero-order chi connectivity index (χ0) is 21.3. The van der Waals surface area contributed by atoms with E-state index in [1.807, 2.05) is 0 Å². The maximum atomic E-state index is 13.3. The van der Waals surface area contributed by atoms with E-state index in [1.54, 1.807) is 48.5 Å². The number of nitrogens with zero attached hydrogens (tertiary/aromatic N) is 1. The first-order valence-corrected chi connectivity index (χ1v) is 11.3. The van der Waals surface area contributed by atoms with Gasteiger partial charge in [0, 0.05) is 15.7 Å². The number of anilines is 2. The molecule has 0 atom stereocenters. The fourth-order valence-corrected chi connectivity index (χ4v) is 4.43. The average Bonchev–Trinajstić information content (AvgIpc) is 3.15. The Bertz CT molecular complexity index is 1300. The van der Waals surface area contributed by atoms with E-state index in [0.29, 0.717) is 26.3 Å². The third-order valence-electron chi connectivity index (χ3n) is 4.18. The van der Waals surface area contributed by atoms with Crippen molar-refractivity contribution in [3.05, 3.63) is 87.9 Å². The number of benzene rings is 3. The molecule has 0 unspecified atom stereocenters. The van der Waals surface area contributed by atoms with Crippen LogP contribution < -0.4 is 5.32 Å². The minimum Gasteiger partial charge on any atom is -0.419 e. The molecule has 4 aromatic rings. The lowest BCUT2D eigenvalue weighted by molar-refractivity contribution is 0.582. The number of sulfone groups is 1. The quantitative estimate of drug-likeness (QED) is 0.338. The molecule has 0 saturated carbocycles. The molecule has 1 heterocycles. The van der Waals surface area contributed by atoms with Crippen LogP contribution in [0.2, 0.25) is 15.1 Å². The van der Waals surface area contributed by atoms with Gasteiger partial charge in [0.05, 0.1) is 15.5 Å². The number of oxazole rings is 1. The molecule has 4 rings (SSSR count). The van der Waals surface area contributed by atoms with Gasteiger partial charge in [-0.15, -0.1) is 0 Å². The molecule has 0 amide bonds. The van der Waals surface area contributed by atoms with Crippen molar-refractivity contribution in [2.24, 2.45) is 0 Å². The summed E-state index contributed by atoms with van der Waals surface area (Å²) in [4.78, 5) is 4.30. The highest BCUT2D eigenvalue weighted by Gasteiger charge is 2.29. The number of rotatable bonds is 5. The van der Waals surface area contributed by atoms with Crippen molar-refractivity contribution in [3.8, 4) is 11.5 Å².